The average Bonchev–Trinajstić information content (AvgIpc) is 3.79. The molecule has 1 N–H and O–H groups in total. The zero-order valence-corrected chi connectivity index (χ0v) is 38.0. The van der Waals surface area contributed by atoms with Crippen molar-refractivity contribution in [2.75, 3.05) is 0 Å². The number of hydrogen-bond acceptors (Lipinski definition) is 4. The molecule has 0 spiro atoms. The number of pyridine rings is 1. The van der Waals surface area contributed by atoms with E-state index in [2.05, 4.69) is 164 Å². The van der Waals surface area contributed by atoms with Gasteiger partial charge in [0.15, 0.2) is 0 Å². The summed E-state index contributed by atoms with van der Waals surface area (Å²) >= 11 is 0. The Kier molecular flexibility index (Phi) is 10.3. The first-order chi connectivity index (χ1) is 28.1. The summed E-state index contributed by atoms with van der Waals surface area (Å²) in [6, 6.07) is 48.0. The van der Waals surface area contributed by atoms with Gasteiger partial charge in [-0.3, -0.25) is 9.55 Å². The van der Waals surface area contributed by atoms with Crippen LogP contribution in [0.3, 0.4) is 0 Å². The van der Waals surface area contributed by atoms with E-state index in [0.717, 1.165) is 83.3 Å². The van der Waals surface area contributed by atoms with Crippen molar-refractivity contribution in [3.8, 4) is 56.3 Å². The topological polar surface area (TPSA) is 64.1 Å². The van der Waals surface area contributed by atoms with Crippen LogP contribution in [0.5, 0.6) is 5.75 Å². The number of hydrogen-bond donors (Lipinski definition) is 1. The average molecular weight is 968 g/mol. The largest absolute Gasteiger partial charge is 0.507 e. The van der Waals surface area contributed by atoms with Crippen molar-refractivity contribution in [1.82, 2.24) is 14.5 Å². The number of para-hydroxylation sites is 2. The second-order valence-electron chi connectivity index (χ2n) is 18.8. The first-order valence-corrected chi connectivity index (χ1v) is 20.5. The van der Waals surface area contributed by atoms with Crippen molar-refractivity contribution in [2.24, 2.45) is 0 Å². The van der Waals surface area contributed by atoms with Crippen molar-refractivity contribution in [2.45, 2.75) is 78.6 Å². The van der Waals surface area contributed by atoms with E-state index in [1.807, 2.05) is 42.6 Å². The molecule has 0 bridgehead atoms. The van der Waals surface area contributed by atoms with E-state index >= 15 is 0 Å². The number of fused-ring (bicyclic) bond motifs is 4. The van der Waals surface area contributed by atoms with Gasteiger partial charge in [-0.1, -0.05) is 164 Å². The summed E-state index contributed by atoms with van der Waals surface area (Å²) in [5.41, 5.74) is 13.0. The maximum absolute atomic E-state index is 12.5. The Morgan fingerprint density at radius 1 is 0.617 bits per heavy atom. The van der Waals surface area contributed by atoms with Crippen LogP contribution in [0.25, 0.3) is 83.6 Å². The second-order valence-corrected chi connectivity index (χ2v) is 18.8. The minimum Gasteiger partial charge on any atom is -0.507 e. The molecule has 3 heterocycles. The molecule has 0 aliphatic heterocycles. The van der Waals surface area contributed by atoms with Gasteiger partial charge in [-0.2, -0.15) is 0 Å². The van der Waals surface area contributed by atoms with Gasteiger partial charge in [0.05, 0.1) is 27.9 Å². The molecule has 0 saturated carbocycles. The molecule has 60 heavy (non-hydrogen) atoms. The molecule has 0 unspecified atom stereocenters. The van der Waals surface area contributed by atoms with Crippen LogP contribution in [0.1, 0.15) is 79.0 Å². The van der Waals surface area contributed by atoms with E-state index in [1.54, 1.807) is 0 Å². The molecule has 9 rings (SSSR count). The van der Waals surface area contributed by atoms with Gasteiger partial charge in [0.25, 0.3) is 0 Å². The van der Waals surface area contributed by atoms with Crippen molar-refractivity contribution in [1.29, 1.82) is 0 Å². The fourth-order valence-corrected chi connectivity index (χ4v) is 8.20. The first kappa shape index (κ1) is 41.0. The molecule has 9 aromatic rings. The molecule has 3 aromatic heterocycles. The number of phenols is 1. The van der Waals surface area contributed by atoms with Gasteiger partial charge in [0.1, 0.15) is 17.2 Å². The van der Waals surface area contributed by atoms with E-state index in [1.165, 1.54) is 5.56 Å². The monoisotopic (exact) mass is 967 g/mol. The first-order valence-electron chi connectivity index (χ1n) is 20.5. The maximum Gasteiger partial charge on any atom is 0.148 e. The molecule has 0 aliphatic rings. The van der Waals surface area contributed by atoms with E-state index in [9.17, 15) is 5.11 Å². The summed E-state index contributed by atoms with van der Waals surface area (Å²) in [7, 11) is 0. The molecule has 6 heteroatoms. The molecule has 5 nitrogen and oxygen atoms in total. The van der Waals surface area contributed by atoms with Crippen molar-refractivity contribution in [3.05, 3.63) is 156 Å². The number of imidazole rings is 1. The Morgan fingerprint density at radius 2 is 1.32 bits per heavy atom. The molecule has 0 saturated heterocycles. The van der Waals surface area contributed by atoms with Crippen LogP contribution in [-0.2, 0) is 37.3 Å². The molecule has 6 aromatic carbocycles. The predicted molar refractivity (Wildman–Crippen MR) is 244 cm³/mol. The molecule has 0 aliphatic carbocycles. The van der Waals surface area contributed by atoms with Crippen LogP contribution >= 0.6 is 0 Å². The van der Waals surface area contributed by atoms with Gasteiger partial charge >= 0.3 is 0 Å². The Balaban J connectivity index is 0.00000499. The van der Waals surface area contributed by atoms with E-state index in [-0.39, 0.29) is 43.1 Å². The third kappa shape index (κ3) is 7.17. The van der Waals surface area contributed by atoms with E-state index < -0.39 is 0 Å². The minimum atomic E-state index is -0.334. The Hall–Kier alpha value is -5.77. The minimum absolute atomic E-state index is 0. The fraction of sp³-hybridized carbons (Fsp3) is 0.222. The predicted octanol–water partition coefficient (Wildman–Crippen LogP) is 14.4. The number of furan rings is 1. The summed E-state index contributed by atoms with van der Waals surface area (Å²) < 4.78 is 8.96. The molecule has 0 amide bonds. The third-order valence-corrected chi connectivity index (χ3v) is 11.5. The summed E-state index contributed by atoms with van der Waals surface area (Å²) in [4.78, 5) is 10.4. The van der Waals surface area contributed by atoms with Gasteiger partial charge in [-0.25, -0.2) is 4.98 Å². The second kappa shape index (κ2) is 15.0. The molecule has 0 radical (unpaired) electrons. The zero-order valence-electron chi connectivity index (χ0n) is 35.7. The third-order valence-electron chi connectivity index (χ3n) is 11.5. The Labute approximate surface area is 367 Å². The quantitative estimate of drug-likeness (QED) is 0.175. The van der Waals surface area contributed by atoms with Crippen LogP contribution in [-0.4, -0.2) is 19.6 Å². The normalized spacial score (nSPS) is 12.3. The smallest absolute Gasteiger partial charge is 0.148 e. The van der Waals surface area contributed by atoms with Gasteiger partial charge in [0.2, 0.25) is 0 Å². The van der Waals surface area contributed by atoms with Crippen LogP contribution in [0.15, 0.2) is 138 Å². The van der Waals surface area contributed by atoms with Crippen LogP contribution in [0.4, 0.5) is 0 Å². The number of phenolic OH excluding ortho intramolecular Hbond substituents is 1. The molecule has 0 fully saturated rings. The Morgan fingerprint density at radius 3 is 2.02 bits per heavy atom. The fourth-order valence-electron chi connectivity index (χ4n) is 8.20. The Bertz CT molecular complexity index is 3050. The number of aromatic hydroxyl groups is 1. The van der Waals surface area contributed by atoms with Crippen LogP contribution in [0.2, 0.25) is 0 Å². The number of rotatable bonds is 5. The molecular weight excluding hydrogens is 918 g/mol. The van der Waals surface area contributed by atoms with Crippen molar-refractivity contribution < 1.29 is 30.6 Å². The molecule has 0 atom stereocenters. The maximum atomic E-state index is 12.5. The summed E-state index contributed by atoms with van der Waals surface area (Å²) in [5, 5.41) is 14.5. The zero-order chi connectivity index (χ0) is 41.4. The number of aromatic nitrogens is 3. The van der Waals surface area contributed by atoms with Crippen molar-refractivity contribution in [3.63, 3.8) is 0 Å². The standard InChI is InChI=1S/C54H50N3O2.Pt/c1-52(2,3)35-25-26-45(39(30-35)33-18-11-10-12-19-33)57-46-23-17-21-38(48(46)56-51(57)42-31-36(53(4,5)6)32-43(49(42)58)54(7,8)9)41-29-34(44-22-15-16-27-55-44)28-40-37-20-13-14-24-47(37)59-50(40)41;/h10-28,30-32,58H,1-9H3;/q-1;. The van der Waals surface area contributed by atoms with Crippen LogP contribution in [0, 0.1) is 6.07 Å². The molecular formula is C54H50N3O2Pt-. The number of nitrogens with zero attached hydrogens (tertiary/aromatic N) is 3. The summed E-state index contributed by atoms with van der Waals surface area (Å²) in [6.07, 6.45) is 1.81. The van der Waals surface area contributed by atoms with Crippen LogP contribution < -0.4 is 0 Å². The van der Waals surface area contributed by atoms with Gasteiger partial charge < -0.3 is 9.52 Å². The van der Waals surface area contributed by atoms with E-state index in [0.29, 0.717) is 11.4 Å². The summed E-state index contributed by atoms with van der Waals surface area (Å²) in [5.74, 6) is 0.892. The van der Waals surface area contributed by atoms with Gasteiger partial charge in [-0.05, 0) is 74.7 Å². The number of benzene rings is 6. The van der Waals surface area contributed by atoms with E-state index in [4.69, 9.17) is 14.4 Å². The van der Waals surface area contributed by atoms with Gasteiger partial charge in [0, 0.05) is 49.5 Å². The van der Waals surface area contributed by atoms with Crippen molar-refractivity contribution >= 4 is 33.0 Å². The SMILES string of the molecule is CC(C)(C)c1ccc(-n2c(-c3cc(C(C)(C)C)cc(C(C)(C)C)c3O)nc3c(-c4[c-]c(-c5ccccn5)cc5c4oc4ccccc45)cccc32)c(-c2ccccc2)c1.[Pt]. The summed E-state index contributed by atoms with van der Waals surface area (Å²) in [6.45, 7) is 19.9. The molecule has 304 valence electrons. The van der Waals surface area contributed by atoms with Gasteiger partial charge in [-0.15, -0.1) is 12.1 Å².